The summed E-state index contributed by atoms with van der Waals surface area (Å²) >= 11 is 2.30. The first-order valence-corrected chi connectivity index (χ1v) is 9.06. The van der Waals surface area contributed by atoms with E-state index >= 15 is 0 Å². The number of nitrogens with one attached hydrogen (secondary N) is 1. The van der Waals surface area contributed by atoms with Crippen LogP contribution in [0, 0.1) is 29.1 Å². The Morgan fingerprint density at radius 3 is 2.33 bits per heavy atom. The van der Waals surface area contributed by atoms with Gasteiger partial charge in [-0.25, -0.2) is 31.9 Å². The number of anilines is 1. The average Bonchev–Trinajstić information content (AvgIpc) is 3.22. The first-order chi connectivity index (χ1) is 12.9. The number of hydrogen-bond acceptors (Lipinski definition) is 5. The van der Waals surface area contributed by atoms with E-state index in [1.54, 1.807) is 11.4 Å². The van der Waals surface area contributed by atoms with Gasteiger partial charge in [-0.2, -0.15) is 0 Å². The van der Waals surface area contributed by atoms with Gasteiger partial charge < -0.3 is 5.32 Å². The molecule has 0 aliphatic heterocycles. The third-order valence-electron chi connectivity index (χ3n) is 3.21. The van der Waals surface area contributed by atoms with E-state index in [4.69, 9.17) is 0 Å². The summed E-state index contributed by atoms with van der Waals surface area (Å²) in [5.74, 6) is -12.2. The predicted molar refractivity (Wildman–Crippen MR) is 90.9 cm³/mol. The molecule has 1 aromatic carbocycles. The van der Waals surface area contributed by atoms with E-state index in [0.717, 1.165) is 16.6 Å². The van der Waals surface area contributed by atoms with Crippen LogP contribution in [0.1, 0.15) is 0 Å². The maximum atomic E-state index is 13.6. The van der Waals surface area contributed by atoms with Crippen LogP contribution in [0.2, 0.25) is 0 Å². The lowest BCUT2D eigenvalue weighted by atomic mass is 10.2. The molecule has 0 spiro atoms. The lowest BCUT2D eigenvalue weighted by Crippen LogP contribution is -2.18. The Kier molecular flexibility index (Phi) is 5.71. The summed E-state index contributed by atoms with van der Waals surface area (Å²) in [7, 11) is 0. The normalized spacial score (nSPS) is 10.9. The molecule has 1 N–H and O–H groups in total. The molecule has 4 nitrogen and oxygen atoms in total. The van der Waals surface area contributed by atoms with Crippen LogP contribution in [0.4, 0.5) is 27.6 Å². The maximum absolute atomic E-state index is 13.6. The minimum Gasteiger partial charge on any atom is -0.320 e. The van der Waals surface area contributed by atoms with Gasteiger partial charge in [-0.1, -0.05) is 17.8 Å². The highest BCUT2D eigenvalue weighted by molar-refractivity contribution is 7.99. The van der Waals surface area contributed by atoms with E-state index in [-0.39, 0.29) is 5.16 Å². The molecule has 2 aromatic heterocycles. The molecule has 0 bridgehead atoms. The first kappa shape index (κ1) is 19.2. The number of carbonyl (C=O) groups excluding carboxylic acids is 1. The lowest BCUT2D eigenvalue weighted by molar-refractivity contribution is -0.113. The van der Waals surface area contributed by atoms with Crippen molar-refractivity contribution in [2.45, 2.75) is 5.16 Å². The largest absolute Gasteiger partial charge is 0.320 e. The van der Waals surface area contributed by atoms with E-state index in [1.165, 1.54) is 17.5 Å². The Hall–Kier alpha value is -2.53. The van der Waals surface area contributed by atoms with Gasteiger partial charge in [0.1, 0.15) is 5.69 Å². The number of carbonyl (C=O) groups is 1. The molecule has 0 saturated carbocycles. The van der Waals surface area contributed by atoms with Crippen LogP contribution in [0.25, 0.3) is 10.6 Å². The van der Waals surface area contributed by atoms with Crippen LogP contribution in [0.5, 0.6) is 0 Å². The topological polar surface area (TPSA) is 54.9 Å². The lowest BCUT2D eigenvalue weighted by Gasteiger charge is -2.09. The van der Waals surface area contributed by atoms with E-state index < -0.39 is 46.4 Å². The van der Waals surface area contributed by atoms with E-state index in [1.807, 2.05) is 17.5 Å². The van der Waals surface area contributed by atoms with E-state index in [2.05, 4.69) is 9.97 Å². The zero-order valence-corrected chi connectivity index (χ0v) is 14.7. The molecule has 0 radical (unpaired) electrons. The number of benzene rings is 1. The highest BCUT2D eigenvalue weighted by Gasteiger charge is 2.26. The van der Waals surface area contributed by atoms with Crippen molar-refractivity contribution in [2.75, 3.05) is 11.1 Å². The van der Waals surface area contributed by atoms with Crippen molar-refractivity contribution < 1.29 is 26.7 Å². The van der Waals surface area contributed by atoms with Gasteiger partial charge in [-0.3, -0.25) is 4.79 Å². The second-order valence-electron chi connectivity index (χ2n) is 4.98. The Balaban J connectivity index is 1.70. The van der Waals surface area contributed by atoms with Crippen LogP contribution in [0.3, 0.4) is 0 Å². The highest BCUT2D eigenvalue weighted by Crippen LogP contribution is 2.28. The number of nitrogens with zero attached hydrogens (tertiary/aromatic N) is 2. The molecule has 0 fully saturated rings. The third-order valence-corrected chi connectivity index (χ3v) is 4.97. The second-order valence-corrected chi connectivity index (χ2v) is 6.87. The third kappa shape index (κ3) is 4.08. The fraction of sp³-hybridized carbons (Fsp3) is 0.0625. The van der Waals surface area contributed by atoms with Gasteiger partial charge >= 0.3 is 0 Å². The molecule has 0 unspecified atom stereocenters. The Morgan fingerprint density at radius 1 is 1.04 bits per heavy atom. The Bertz CT molecular complexity index is 969. The number of rotatable bonds is 5. The molecule has 0 aliphatic carbocycles. The smallest absolute Gasteiger partial charge is 0.235 e. The van der Waals surface area contributed by atoms with Gasteiger partial charge in [0, 0.05) is 6.20 Å². The minimum atomic E-state index is -2.30. The van der Waals surface area contributed by atoms with Crippen molar-refractivity contribution in [2.24, 2.45) is 0 Å². The van der Waals surface area contributed by atoms with Gasteiger partial charge in [0.05, 0.1) is 16.3 Å². The molecule has 3 rings (SSSR count). The van der Waals surface area contributed by atoms with Crippen LogP contribution < -0.4 is 5.32 Å². The van der Waals surface area contributed by atoms with Gasteiger partial charge in [-0.05, 0) is 17.5 Å². The SMILES string of the molecule is O=C(CSc1nccc(-c2cccs2)n1)Nc1c(F)c(F)c(F)c(F)c1F. The van der Waals surface area contributed by atoms with Gasteiger partial charge in [0.15, 0.2) is 28.4 Å². The molecule has 1 amide bonds. The highest BCUT2D eigenvalue weighted by atomic mass is 32.2. The zero-order chi connectivity index (χ0) is 19.6. The summed E-state index contributed by atoms with van der Waals surface area (Å²) in [5, 5.41) is 3.77. The number of amides is 1. The standard InChI is InChI=1S/C16H8F5N3OS2/c17-10-11(18)13(20)15(14(21)12(10)19)24-9(25)6-27-16-22-4-3-7(23-16)8-2-1-5-26-8/h1-5H,6H2,(H,24,25). The van der Waals surface area contributed by atoms with Crippen LogP contribution >= 0.6 is 23.1 Å². The van der Waals surface area contributed by atoms with Crippen LogP contribution in [-0.4, -0.2) is 21.6 Å². The fourth-order valence-electron chi connectivity index (χ4n) is 1.99. The van der Waals surface area contributed by atoms with Crippen molar-refractivity contribution in [1.29, 1.82) is 0 Å². The van der Waals surface area contributed by atoms with Crippen molar-refractivity contribution in [3.05, 3.63) is 58.9 Å². The van der Waals surface area contributed by atoms with Crippen molar-refractivity contribution in [3.8, 4) is 10.6 Å². The maximum Gasteiger partial charge on any atom is 0.235 e. The quantitative estimate of drug-likeness (QED) is 0.216. The first-order valence-electron chi connectivity index (χ1n) is 7.19. The summed E-state index contributed by atoms with van der Waals surface area (Å²) in [5.41, 5.74) is -0.770. The van der Waals surface area contributed by atoms with Gasteiger partial charge in [0.25, 0.3) is 0 Å². The number of hydrogen-bond donors (Lipinski definition) is 1. The van der Waals surface area contributed by atoms with Crippen LogP contribution in [0.15, 0.2) is 34.9 Å². The molecule has 27 heavy (non-hydrogen) atoms. The zero-order valence-electron chi connectivity index (χ0n) is 13.1. The molecule has 0 atom stereocenters. The Morgan fingerprint density at radius 2 is 1.70 bits per heavy atom. The molecule has 2 heterocycles. The monoisotopic (exact) mass is 417 g/mol. The number of halogens is 5. The van der Waals surface area contributed by atoms with Gasteiger partial charge in [0.2, 0.25) is 11.7 Å². The molecule has 3 aromatic rings. The van der Waals surface area contributed by atoms with E-state index in [9.17, 15) is 26.7 Å². The molecular weight excluding hydrogens is 409 g/mol. The summed E-state index contributed by atoms with van der Waals surface area (Å²) in [6.07, 6.45) is 1.48. The average molecular weight is 417 g/mol. The molecule has 140 valence electrons. The summed E-state index contributed by atoms with van der Waals surface area (Å²) in [6.45, 7) is 0. The van der Waals surface area contributed by atoms with Crippen LogP contribution in [-0.2, 0) is 4.79 Å². The van der Waals surface area contributed by atoms with Crippen molar-refractivity contribution in [1.82, 2.24) is 9.97 Å². The summed E-state index contributed by atoms with van der Waals surface area (Å²) in [6, 6.07) is 5.36. The molecular formula is C16H8F5N3OS2. The summed E-state index contributed by atoms with van der Waals surface area (Å²) < 4.78 is 66.4. The number of thiophene rings is 1. The van der Waals surface area contributed by atoms with Crippen molar-refractivity contribution >= 4 is 34.7 Å². The van der Waals surface area contributed by atoms with E-state index in [0.29, 0.717) is 5.69 Å². The van der Waals surface area contributed by atoms with Gasteiger partial charge in [-0.15, -0.1) is 11.3 Å². The second kappa shape index (κ2) is 8.01. The predicted octanol–water partition coefficient (Wildman–Crippen LogP) is 4.63. The minimum absolute atomic E-state index is 0.216. The number of thioether (sulfide) groups is 1. The number of aromatic nitrogens is 2. The Labute approximate surface area is 157 Å². The fourth-order valence-corrected chi connectivity index (χ4v) is 3.32. The molecule has 11 heteroatoms. The molecule has 0 aliphatic rings. The summed E-state index contributed by atoms with van der Waals surface area (Å²) in [4.78, 5) is 20.9. The van der Waals surface area contributed by atoms with Crippen molar-refractivity contribution in [3.63, 3.8) is 0 Å². The molecule has 0 saturated heterocycles.